The van der Waals surface area contributed by atoms with Gasteiger partial charge in [0.25, 0.3) is 0 Å². The van der Waals surface area contributed by atoms with Gasteiger partial charge in [-0.15, -0.1) is 0 Å². The summed E-state index contributed by atoms with van der Waals surface area (Å²) < 4.78 is 0. The molecule has 0 aliphatic carbocycles. The molecule has 0 aliphatic heterocycles. The Morgan fingerprint density at radius 2 is 1.95 bits per heavy atom. The monoisotopic (exact) mass is 304 g/mol. The number of benzene rings is 1. The third-order valence-electron chi connectivity index (χ3n) is 3.30. The average molecular weight is 305 g/mol. The molecule has 4 nitrogen and oxygen atoms in total. The van der Waals surface area contributed by atoms with Crippen molar-refractivity contribution in [1.29, 1.82) is 0 Å². The first-order valence-corrected chi connectivity index (χ1v) is 7.51. The molecule has 5 heteroatoms. The van der Waals surface area contributed by atoms with E-state index in [9.17, 15) is 0 Å². The smallest absolute Gasteiger partial charge is 0.229 e. The third-order valence-corrected chi connectivity index (χ3v) is 3.53. The molecule has 1 aromatic heterocycles. The minimum absolute atomic E-state index is 0.379. The van der Waals surface area contributed by atoms with Gasteiger partial charge in [-0.3, -0.25) is 0 Å². The van der Waals surface area contributed by atoms with Crippen molar-refractivity contribution in [3.05, 3.63) is 40.5 Å². The Morgan fingerprint density at radius 1 is 1.19 bits per heavy atom. The van der Waals surface area contributed by atoms with Crippen LogP contribution in [0.1, 0.15) is 31.5 Å². The number of aryl methyl sites for hydroxylation is 2. The molecule has 2 N–H and O–H groups in total. The Balaban J connectivity index is 2.23. The van der Waals surface area contributed by atoms with Gasteiger partial charge in [0.2, 0.25) is 5.95 Å². The molecule has 0 saturated heterocycles. The minimum Gasteiger partial charge on any atom is -0.367 e. The van der Waals surface area contributed by atoms with Gasteiger partial charge in [-0.1, -0.05) is 18.5 Å². The largest absolute Gasteiger partial charge is 0.367 e. The van der Waals surface area contributed by atoms with Crippen molar-refractivity contribution in [2.75, 3.05) is 10.6 Å². The van der Waals surface area contributed by atoms with Gasteiger partial charge in [0.15, 0.2) is 0 Å². The molecule has 0 saturated carbocycles. The Kier molecular flexibility index (Phi) is 5.02. The summed E-state index contributed by atoms with van der Waals surface area (Å²) in [6.45, 7) is 8.24. The lowest BCUT2D eigenvalue weighted by atomic mass is 10.2. The van der Waals surface area contributed by atoms with E-state index in [1.165, 1.54) is 0 Å². The number of rotatable bonds is 5. The molecule has 0 fully saturated rings. The van der Waals surface area contributed by atoms with Crippen LogP contribution in [0.3, 0.4) is 0 Å². The standard InChI is InChI=1S/C16H21ClN4/c1-5-11(3)18-15-9-12(4)19-16(21-15)20-14-7-6-13(17)8-10(14)2/h6-9,11H,5H2,1-4H3,(H2,18,19,20,21). The maximum Gasteiger partial charge on any atom is 0.229 e. The first kappa shape index (κ1) is 15.6. The average Bonchev–Trinajstić information content (AvgIpc) is 2.41. The number of halogens is 1. The normalized spacial score (nSPS) is 12.0. The fraction of sp³-hybridized carbons (Fsp3) is 0.375. The quantitative estimate of drug-likeness (QED) is 0.840. The molecule has 1 atom stereocenters. The van der Waals surface area contributed by atoms with Gasteiger partial charge in [0.1, 0.15) is 5.82 Å². The molecule has 0 aliphatic rings. The highest BCUT2D eigenvalue weighted by Crippen LogP contribution is 2.23. The van der Waals surface area contributed by atoms with Gasteiger partial charge in [-0.2, -0.15) is 4.98 Å². The summed E-state index contributed by atoms with van der Waals surface area (Å²) in [6.07, 6.45) is 1.04. The van der Waals surface area contributed by atoms with Gasteiger partial charge in [0.05, 0.1) is 0 Å². The number of hydrogen-bond donors (Lipinski definition) is 2. The highest BCUT2D eigenvalue weighted by atomic mass is 35.5. The number of anilines is 3. The van der Waals surface area contributed by atoms with E-state index in [1.807, 2.05) is 38.1 Å². The molecule has 0 spiro atoms. The van der Waals surface area contributed by atoms with E-state index in [0.717, 1.165) is 34.2 Å². The summed E-state index contributed by atoms with van der Waals surface area (Å²) in [4.78, 5) is 8.94. The topological polar surface area (TPSA) is 49.8 Å². The summed E-state index contributed by atoms with van der Waals surface area (Å²) in [6, 6.07) is 8.03. The lowest BCUT2D eigenvalue weighted by Crippen LogP contribution is -2.15. The summed E-state index contributed by atoms with van der Waals surface area (Å²) >= 11 is 5.97. The van der Waals surface area contributed by atoms with Gasteiger partial charge in [-0.25, -0.2) is 4.98 Å². The van der Waals surface area contributed by atoms with Crippen molar-refractivity contribution in [2.45, 2.75) is 40.2 Å². The van der Waals surface area contributed by atoms with Crippen molar-refractivity contribution in [2.24, 2.45) is 0 Å². The van der Waals surface area contributed by atoms with Crippen LogP contribution in [0.4, 0.5) is 17.5 Å². The summed E-state index contributed by atoms with van der Waals surface area (Å²) in [5.74, 6) is 1.43. The molecule has 0 bridgehead atoms. The van der Waals surface area contributed by atoms with Crippen LogP contribution in [-0.2, 0) is 0 Å². The molecule has 112 valence electrons. The predicted octanol–water partition coefficient (Wildman–Crippen LogP) is 4.70. The second-order valence-electron chi connectivity index (χ2n) is 5.26. The van der Waals surface area contributed by atoms with Crippen LogP contribution in [0.2, 0.25) is 5.02 Å². The molecule has 1 aromatic carbocycles. The molecule has 0 radical (unpaired) electrons. The molecule has 2 aromatic rings. The SMILES string of the molecule is CCC(C)Nc1cc(C)nc(Nc2ccc(Cl)cc2C)n1. The molecular weight excluding hydrogens is 284 g/mol. The van der Waals surface area contributed by atoms with E-state index in [0.29, 0.717) is 12.0 Å². The zero-order valence-corrected chi connectivity index (χ0v) is 13.6. The number of nitrogens with one attached hydrogen (secondary N) is 2. The van der Waals surface area contributed by atoms with Crippen molar-refractivity contribution < 1.29 is 0 Å². The third kappa shape index (κ3) is 4.33. The van der Waals surface area contributed by atoms with Crippen molar-refractivity contribution >= 4 is 29.1 Å². The van der Waals surface area contributed by atoms with Crippen LogP contribution in [0, 0.1) is 13.8 Å². The van der Waals surface area contributed by atoms with Gasteiger partial charge in [-0.05, 0) is 51.0 Å². The number of aromatic nitrogens is 2. The Hall–Kier alpha value is -1.81. The second kappa shape index (κ2) is 6.76. The Morgan fingerprint density at radius 3 is 2.62 bits per heavy atom. The molecule has 2 rings (SSSR count). The Labute approximate surface area is 131 Å². The van der Waals surface area contributed by atoms with Gasteiger partial charge in [0, 0.05) is 28.5 Å². The maximum atomic E-state index is 5.97. The van der Waals surface area contributed by atoms with E-state index in [1.54, 1.807) is 0 Å². The van der Waals surface area contributed by atoms with Crippen molar-refractivity contribution in [1.82, 2.24) is 9.97 Å². The van der Waals surface area contributed by atoms with Crippen LogP contribution < -0.4 is 10.6 Å². The summed E-state index contributed by atoms with van der Waals surface area (Å²) in [5.41, 5.74) is 2.94. The van der Waals surface area contributed by atoms with Crippen LogP contribution >= 0.6 is 11.6 Å². The van der Waals surface area contributed by atoms with Crippen molar-refractivity contribution in [3.63, 3.8) is 0 Å². The van der Waals surface area contributed by atoms with Gasteiger partial charge >= 0.3 is 0 Å². The number of nitrogens with zero attached hydrogens (tertiary/aromatic N) is 2. The molecule has 1 unspecified atom stereocenters. The van der Waals surface area contributed by atoms with Crippen molar-refractivity contribution in [3.8, 4) is 0 Å². The fourth-order valence-electron chi connectivity index (χ4n) is 1.94. The summed E-state index contributed by atoms with van der Waals surface area (Å²) in [7, 11) is 0. The van der Waals surface area contributed by atoms with Crippen LogP contribution in [0.15, 0.2) is 24.3 Å². The highest BCUT2D eigenvalue weighted by Gasteiger charge is 2.06. The summed E-state index contributed by atoms with van der Waals surface area (Å²) in [5, 5.41) is 7.35. The molecule has 0 amide bonds. The van der Waals surface area contributed by atoms with E-state index in [4.69, 9.17) is 11.6 Å². The zero-order chi connectivity index (χ0) is 15.4. The first-order valence-electron chi connectivity index (χ1n) is 7.13. The van der Waals surface area contributed by atoms with E-state index in [2.05, 4.69) is 34.4 Å². The molecule has 1 heterocycles. The van der Waals surface area contributed by atoms with Crippen LogP contribution in [0.25, 0.3) is 0 Å². The lowest BCUT2D eigenvalue weighted by molar-refractivity contribution is 0.758. The van der Waals surface area contributed by atoms with E-state index in [-0.39, 0.29) is 0 Å². The van der Waals surface area contributed by atoms with Crippen LogP contribution in [-0.4, -0.2) is 16.0 Å². The maximum absolute atomic E-state index is 5.97. The fourth-order valence-corrected chi connectivity index (χ4v) is 2.17. The zero-order valence-electron chi connectivity index (χ0n) is 12.9. The minimum atomic E-state index is 0.379. The van der Waals surface area contributed by atoms with E-state index < -0.39 is 0 Å². The lowest BCUT2D eigenvalue weighted by Gasteiger charge is -2.14. The second-order valence-corrected chi connectivity index (χ2v) is 5.69. The van der Waals surface area contributed by atoms with Crippen LogP contribution in [0.5, 0.6) is 0 Å². The highest BCUT2D eigenvalue weighted by molar-refractivity contribution is 6.30. The van der Waals surface area contributed by atoms with Gasteiger partial charge < -0.3 is 10.6 Å². The Bertz CT molecular complexity index is 628. The predicted molar refractivity (Wildman–Crippen MR) is 89.6 cm³/mol. The number of hydrogen-bond acceptors (Lipinski definition) is 4. The van der Waals surface area contributed by atoms with E-state index >= 15 is 0 Å². The molecule has 21 heavy (non-hydrogen) atoms. The first-order chi connectivity index (χ1) is 9.97. The molecular formula is C16H21ClN4.